The van der Waals surface area contributed by atoms with Crippen LogP contribution in [0, 0.1) is 0 Å². The minimum absolute atomic E-state index is 0.116. The molecule has 0 aliphatic heterocycles. The highest BCUT2D eigenvalue weighted by molar-refractivity contribution is 9.10. The SMILES string of the molecule is CN(Cc1cc(Br)cs1)C(=O)c1ccc(N)cc1Cl. The molecular formula is C13H12BrClN2OS. The Balaban J connectivity index is 2.14. The van der Waals surface area contributed by atoms with Crippen molar-refractivity contribution >= 4 is 50.5 Å². The van der Waals surface area contributed by atoms with Crippen LogP contribution in [0.3, 0.4) is 0 Å². The molecule has 1 aromatic heterocycles. The van der Waals surface area contributed by atoms with Crippen LogP contribution in [0.1, 0.15) is 15.2 Å². The number of anilines is 1. The van der Waals surface area contributed by atoms with Gasteiger partial charge in [0.25, 0.3) is 5.91 Å². The molecule has 2 N–H and O–H groups in total. The number of halogens is 2. The topological polar surface area (TPSA) is 46.3 Å². The number of amides is 1. The van der Waals surface area contributed by atoms with Crippen LogP contribution in [-0.2, 0) is 6.54 Å². The molecule has 3 nitrogen and oxygen atoms in total. The molecule has 100 valence electrons. The van der Waals surface area contributed by atoms with Gasteiger partial charge in [-0.05, 0) is 40.2 Å². The zero-order chi connectivity index (χ0) is 14.0. The Labute approximate surface area is 129 Å². The van der Waals surface area contributed by atoms with Crippen molar-refractivity contribution in [2.45, 2.75) is 6.54 Å². The molecule has 0 fully saturated rings. The molecule has 1 heterocycles. The zero-order valence-corrected chi connectivity index (χ0v) is 13.3. The van der Waals surface area contributed by atoms with Gasteiger partial charge in [-0.25, -0.2) is 0 Å². The summed E-state index contributed by atoms with van der Waals surface area (Å²) in [6, 6.07) is 6.92. The summed E-state index contributed by atoms with van der Waals surface area (Å²) in [7, 11) is 1.75. The first-order chi connectivity index (χ1) is 8.97. The molecule has 2 rings (SSSR count). The number of rotatable bonds is 3. The van der Waals surface area contributed by atoms with Crippen LogP contribution in [0.25, 0.3) is 0 Å². The number of hydrogen-bond acceptors (Lipinski definition) is 3. The van der Waals surface area contributed by atoms with Crippen molar-refractivity contribution in [2.24, 2.45) is 0 Å². The second kappa shape index (κ2) is 5.94. The zero-order valence-electron chi connectivity index (χ0n) is 10.2. The molecule has 0 bridgehead atoms. The predicted molar refractivity (Wildman–Crippen MR) is 83.7 cm³/mol. The van der Waals surface area contributed by atoms with Gasteiger partial charge < -0.3 is 10.6 Å². The lowest BCUT2D eigenvalue weighted by Crippen LogP contribution is -2.26. The van der Waals surface area contributed by atoms with E-state index in [1.54, 1.807) is 41.5 Å². The van der Waals surface area contributed by atoms with E-state index in [0.717, 1.165) is 9.35 Å². The molecule has 0 aliphatic rings. The lowest BCUT2D eigenvalue weighted by atomic mass is 10.2. The number of thiophene rings is 1. The molecular weight excluding hydrogens is 348 g/mol. The fourth-order valence-electron chi connectivity index (χ4n) is 1.65. The molecule has 0 spiro atoms. The van der Waals surface area contributed by atoms with Gasteiger partial charge in [0, 0.05) is 27.5 Å². The third-order valence-electron chi connectivity index (χ3n) is 2.59. The number of benzene rings is 1. The maximum atomic E-state index is 12.3. The summed E-state index contributed by atoms with van der Waals surface area (Å²) in [5, 5.41) is 2.37. The Morgan fingerprint density at radius 3 is 2.79 bits per heavy atom. The lowest BCUT2D eigenvalue weighted by molar-refractivity contribution is 0.0786. The summed E-state index contributed by atoms with van der Waals surface area (Å²) < 4.78 is 1.03. The third kappa shape index (κ3) is 3.49. The van der Waals surface area contributed by atoms with Gasteiger partial charge in [-0.3, -0.25) is 4.79 Å². The number of carbonyl (C=O) groups is 1. The number of nitrogens with zero attached hydrogens (tertiary/aromatic N) is 1. The van der Waals surface area contributed by atoms with Crippen molar-refractivity contribution in [2.75, 3.05) is 12.8 Å². The van der Waals surface area contributed by atoms with Gasteiger partial charge in [-0.2, -0.15) is 0 Å². The summed E-state index contributed by atoms with van der Waals surface area (Å²) in [5.41, 5.74) is 6.63. The van der Waals surface area contributed by atoms with Crippen LogP contribution in [0.2, 0.25) is 5.02 Å². The highest BCUT2D eigenvalue weighted by Gasteiger charge is 2.16. The van der Waals surface area contributed by atoms with E-state index in [1.807, 2.05) is 11.4 Å². The fourth-order valence-corrected chi connectivity index (χ4v) is 3.43. The van der Waals surface area contributed by atoms with Gasteiger partial charge in [0.05, 0.1) is 17.1 Å². The number of hydrogen-bond donors (Lipinski definition) is 1. The van der Waals surface area contributed by atoms with E-state index in [-0.39, 0.29) is 5.91 Å². The quantitative estimate of drug-likeness (QED) is 0.841. The third-order valence-corrected chi connectivity index (χ3v) is 4.58. The molecule has 0 atom stereocenters. The van der Waals surface area contributed by atoms with Crippen LogP contribution in [0.5, 0.6) is 0 Å². The number of nitrogens with two attached hydrogens (primary N) is 1. The van der Waals surface area contributed by atoms with Crippen molar-refractivity contribution in [1.82, 2.24) is 4.90 Å². The van der Waals surface area contributed by atoms with Gasteiger partial charge in [0.15, 0.2) is 0 Å². The van der Waals surface area contributed by atoms with E-state index < -0.39 is 0 Å². The smallest absolute Gasteiger partial charge is 0.255 e. The molecule has 6 heteroatoms. The van der Waals surface area contributed by atoms with E-state index in [0.29, 0.717) is 22.8 Å². The molecule has 19 heavy (non-hydrogen) atoms. The molecule has 0 radical (unpaired) electrons. The first-order valence-electron chi connectivity index (χ1n) is 5.51. The van der Waals surface area contributed by atoms with Crippen LogP contribution in [0.15, 0.2) is 34.1 Å². The highest BCUT2D eigenvalue weighted by atomic mass is 79.9. The van der Waals surface area contributed by atoms with E-state index in [2.05, 4.69) is 15.9 Å². The summed E-state index contributed by atoms with van der Waals surface area (Å²) in [6.45, 7) is 0.551. The minimum Gasteiger partial charge on any atom is -0.399 e. The van der Waals surface area contributed by atoms with Crippen molar-refractivity contribution < 1.29 is 4.79 Å². The maximum absolute atomic E-state index is 12.3. The lowest BCUT2D eigenvalue weighted by Gasteiger charge is -2.17. The maximum Gasteiger partial charge on any atom is 0.255 e. The monoisotopic (exact) mass is 358 g/mol. The Bertz CT molecular complexity index is 614. The normalized spacial score (nSPS) is 10.5. The van der Waals surface area contributed by atoms with E-state index in [4.69, 9.17) is 17.3 Å². The Kier molecular flexibility index (Phi) is 4.50. The molecule has 0 saturated carbocycles. The Morgan fingerprint density at radius 1 is 1.47 bits per heavy atom. The average Bonchev–Trinajstić information content (AvgIpc) is 2.74. The van der Waals surface area contributed by atoms with Gasteiger partial charge in [-0.15, -0.1) is 11.3 Å². The molecule has 0 saturated heterocycles. The van der Waals surface area contributed by atoms with Gasteiger partial charge in [-0.1, -0.05) is 11.6 Å². The van der Waals surface area contributed by atoms with E-state index >= 15 is 0 Å². The minimum atomic E-state index is -0.116. The van der Waals surface area contributed by atoms with Gasteiger partial charge in [0.1, 0.15) is 0 Å². The van der Waals surface area contributed by atoms with Crippen LogP contribution in [0.4, 0.5) is 5.69 Å². The predicted octanol–water partition coefficient (Wildman–Crippen LogP) is 4.02. The molecule has 1 amide bonds. The van der Waals surface area contributed by atoms with Crippen LogP contribution < -0.4 is 5.73 Å². The first kappa shape index (κ1) is 14.4. The molecule has 2 aromatic rings. The van der Waals surface area contributed by atoms with Crippen molar-refractivity contribution in [1.29, 1.82) is 0 Å². The number of nitrogen functional groups attached to an aromatic ring is 1. The van der Waals surface area contributed by atoms with Crippen molar-refractivity contribution in [3.63, 3.8) is 0 Å². The largest absolute Gasteiger partial charge is 0.399 e. The summed E-state index contributed by atoms with van der Waals surface area (Å²) in [6.07, 6.45) is 0. The second-order valence-corrected chi connectivity index (χ2v) is 6.45. The summed E-state index contributed by atoms with van der Waals surface area (Å²) in [5.74, 6) is -0.116. The van der Waals surface area contributed by atoms with E-state index in [1.165, 1.54) is 0 Å². The Hall–Kier alpha value is -1.04. The molecule has 0 aliphatic carbocycles. The van der Waals surface area contributed by atoms with Crippen LogP contribution in [-0.4, -0.2) is 17.9 Å². The van der Waals surface area contributed by atoms with Crippen molar-refractivity contribution in [3.8, 4) is 0 Å². The van der Waals surface area contributed by atoms with Gasteiger partial charge >= 0.3 is 0 Å². The number of carbonyl (C=O) groups excluding carboxylic acids is 1. The van der Waals surface area contributed by atoms with Crippen molar-refractivity contribution in [3.05, 3.63) is 49.6 Å². The van der Waals surface area contributed by atoms with Crippen LogP contribution >= 0.6 is 38.9 Å². The molecule has 1 aromatic carbocycles. The second-order valence-electron chi connectivity index (χ2n) is 4.13. The first-order valence-corrected chi connectivity index (χ1v) is 7.56. The standard InChI is InChI=1S/C13H12BrClN2OS/c1-17(6-10-4-8(14)7-19-10)13(18)11-3-2-9(16)5-12(11)15/h2-5,7H,6,16H2,1H3. The van der Waals surface area contributed by atoms with E-state index in [9.17, 15) is 4.79 Å². The fraction of sp³-hybridized carbons (Fsp3) is 0.154. The van der Waals surface area contributed by atoms with Gasteiger partial charge in [0.2, 0.25) is 0 Å². The highest BCUT2D eigenvalue weighted by Crippen LogP contribution is 2.23. The Morgan fingerprint density at radius 2 is 2.21 bits per heavy atom. The molecule has 0 unspecified atom stereocenters. The summed E-state index contributed by atoms with van der Waals surface area (Å²) in [4.78, 5) is 15.0. The summed E-state index contributed by atoms with van der Waals surface area (Å²) >= 11 is 11.0. The average molecular weight is 360 g/mol.